The Balaban J connectivity index is 1.74. The highest BCUT2D eigenvalue weighted by molar-refractivity contribution is 8.17. The van der Waals surface area contributed by atoms with Crippen molar-refractivity contribution in [3.8, 4) is 17.6 Å². The Kier molecular flexibility index (Phi) is 7.52. The molecule has 0 spiro atoms. The van der Waals surface area contributed by atoms with Crippen LogP contribution in [0.1, 0.15) is 35.4 Å². The number of benzene rings is 2. The molecule has 3 nitrogen and oxygen atoms in total. The fraction of sp³-hybridized carbons (Fsp3) is 0.480. The topological polar surface area (TPSA) is 42.2 Å². The van der Waals surface area contributed by atoms with Crippen LogP contribution in [0.4, 0.5) is 8.78 Å². The van der Waals surface area contributed by atoms with Gasteiger partial charge in [0.25, 0.3) is 0 Å². The molecule has 1 fully saturated rings. The molecule has 7 heteroatoms. The lowest BCUT2D eigenvalue weighted by Crippen LogP contribution is -2.35. The highest BCUT2D eigenvalue weighted by Gasteiger charge is 2.42. The van der Waals surface area contributed by atoms with Gasteiger partial charge >= 0.3 is 0 Å². The molecule has 1 heterocycles. The Labute approximate surface area is 196 Å². The largest absolute Gasteiger partial charge is 0.493 e. The molecule has 2 aromatic rings. The summed E-state index contributed by atoms with van der Waals surface area (Å²) in [5.41, 5.74) is 2.11. The van der Waals surface area contributed by atoms with E-state index in [1.807, 2.05) is 29.6 Å². The van der Waals surface area contributed by atoms with E-state index < -0.39 is 11.7 Å². The summed E-state index contributed by atoms with van der Waals surface area (Å²) in [6.07, 6.45) is 3.22. The van der Waals surface area contributed by atoms with Crippen molar-refractivity contribution in [2.45, 2.75) is 36.2 Å². The van der Waals surface area contributed by atoms with Gasteiger partial charge in [-0.3, -0.25) is 0 Å². The molecule has 0 aromatic heterocycles. The maximum absolute atomic E-state index is 15.3. The van der Waals surface area contributed by atoms with Crippen molar-refractivity contribution in [2.75, 3.05) is 25.7 Å². The van der Waals surface area contributed by atoms with Gasteiger partial charge in [-0.25, -0.2) is 8.78 Å². The lowest BCUT2D eigenvalue weighted by molar-refractivity contribution is 0.279. The number of thioether (sulfide) groups is 2. The number of fused-ring (bicyclic) bond motifs is 1. The molecule has 3 atom stereocenters. The van der Waals surface area contributed by atoms with E-state index >= 15 is 4.39 Å². The van der Waals surface area contributed by atoms with Gasteiger partial charge in [0.05, 0.1) is 30.8 Å². The molecule has 32 heavy (non-hydrogen) atoms. The van der Waals surface area contributed by atoms with Crippen LogP contribution in [-0.2, 0) is 12.8 Å². The quantitative estimate of drug-likeness (QED) is 0.497. The molecule has 0 radical (unpaired) electrons. The zero-order chi connectivity index (χ0) is 22.7. The van der Waals surface area contributed by atoms with Crippen LogP contribution in [0.2, 0.25) is 0 Å². The van der Waals surface area contributed by atoms with Gasteiger partial charge in [-0.2, -0.15) is 5.26 Å². The van der Waals surface area contributed by atoms with Crippen LogP contribution in [0.3, 0.4) is 0 Å². The molecule has 0 amide bonds. The SMILES string of the molecule is COc1cc(F)c2c(c1OC)CCC(C(Cc1cccc(F)c1)C1SCCCS1)C2C#N. The third-order valence-corrected chi connectivity index (χ3v) is 9.70. The van der Waals surface area contributed by atoms with Crippen LogP contribution in [0.5, 0.6) is 11.5 Å². The van der Waals surface area contributed by atoms with E-state index in [1.54, 1.807) is 19.2 Å². The fourth-order valence-electron chi connectivity index (χ4n) is 5.09. The Morgan fingerprint density at radius 3 is 2.59 bits per heavy atom. The van der Waals surface area contributed by atoms with Crippen LogP contribution in [0.15, 0.2) is 30.3 Å². The number of nitrogens with zero attached hydrogens (tertiary/aromatic N) is 1. The fourth-order valence-corrected chi connectivity index (χ4v) is 8.41. The first kappa shape index (κ1) is 23.3. The third-order valence-electron chi connectivity index (χ3n) is 6.48. The van der Waals surface area contributed by atoms with Gasteiger partial charge in [-0.1, -0.05) is 12.1 Å². The first-order chi connectivity index (χ1) is 15.6. The van der Waals surface area contributed by atoms with Crippen LogP contribution in [-0.4, -0.2) is 30.3 Å². The van der Waals surface area contributed by atoms with E-state index in [4.69, 9.17) is 9.47 Å². The van der Waals surface area contributed by atoms with Crippen molar-refractivity contribution in [3.63, 3.8) is 0 Å². The van der Waals surface area contributed by atoms with Gasteiger partial charge in [0.1, 0.15) is 11.6 Å². The lowest BCUT2D eigenvalue weighted by Gasteiger charge is -2.40. The molecule has 0 N–H and O–H groups in total. The lowest BCUT2D eigenvalue weighted by atomic mass is 9.68. The van der Waals surface area contributed by atoms with Crippen molar-refractivity contribution >= 4 is 23.5 Å². The standard InChI is InChI=1S/C25H27F2NO2S2/c1-29-22-13-21(27)23-18(24(22)30-2)8-7-17(20(23)14-28)19(25-31-9-4-10-32-25)12-15-5-3-6-16(26)11-15/h3,5-6,11,13,17,19-20,25H,4,7-10,12H2,1-2H3. The Hall–Kier alpha value is -1.91. The van der Waals surface area contributed by atoms with Gasteiger partial charge in [0, 0.05) is 17.2 Å². The predicted molar refractivity (Wildman–Crippen MR) is 127 cm³/mol. The third kappa shape index (κ3) is 4.58. The summed E-state index contributed by atoms with van der Waals surface area (Å²) in [7, 11) is 3.04. The van der Waals surface area contributed by atoms with Crippen LogP contribution in [0, 0.1) is 34.8 Å². The van der Waals surface area contributed by atoms with Crippen molar-refractivity contribution < 1.29 is 18.3 Å². The molecule has 1 saturated heterocycles. The summed E-state index contributed by atoms with van der Waals surface area (Å²) < 4.78 is 40.4. The van der Waals surface area contributed by atoms with Crippen molar-refractivity contribution in [3.05, 3.63) is 58.7 Å². The van der Waals surface area contributed by atoms with Gasteiger partial charge in [0.2, 0.25) is 0 Å². The molecule has 3 unspecified atom stereocenters. The molecule has 1 aliphatic carbocycles. The Bertz CT molecular complexity index is 1000. The minimum Gasteiger partial charge on any atom is -0.493 e. The minimum atomic E-state index is -0.583. The van der Waals surface area contributed by atoms with Crippen molar-refractivity contribution in [1.29, 1.82) is 5.26 Å². The number of ether oxygens (including phenoxy) is 2. The number of nitriles is 1. The number of halogens is 2. The summed E-state index contributed by atoms with van der Waals surface area (Å²) >= 11 is 3.84. The molecular weight excluding hydrogens is 448 g/mol. The van der Waals surface area contributed by atoms with E-state index in [1.165, 1.54) is 25.7 Å². The van der Waals surface area contributed by atoms with E-state index in [0.29, 0.717) is 34.5 Å². The van der Waals surface area contributed by atoms with Crippen LogP contribution < -0.4 is 9.47 Å². The number of rotatable bonds is 6. The Morgan fingerprint density at radius 2 is 1.94 bits per heavy atom. The van der Waals surface area contributed by atoms with Gasteiger partial charge in [0.15, 0.2) is 11.5 Å². The smallest absolute Gasteiger partial charge is 0.164 e. The number of hydrogen-bond donors (Lipinski definition) is 0. The van der Waals surface area contributed by atoms with Gasteiger partial charge in [-0.05, 0) is 66.7 Å². The molecule has 2 aromatic carbocycles. The first-order valence-corrected chi connectivity index (χ1v) is 13.0. The summed E-state index contributed by atoms with van der Waals surface area (Å²) in [4.78, 5) is 0. The number of methoxy groups -OCH3 is 2. The second kappa shape index (κ2) is 10.4. The zero-order valence-corrected chi connectivity index (χ0v) is 19.9. The van der Waals surface area contributed by atoms with Crippen molar-refractivity contribution in [1.82, 2.24) is 0 Å². The maximum atomic E-state index is 15.3. The summed E-state index contributed by atoms with van der Waals surface area (Å²) in [6, 6.07) is 10.5. The summed E-state index contributed by atoms with van der Waals surface area (Å²) in [6.45, 7) is 0. The van der Waals surface area contributed by atoms with E-state index in [-0.39, 0.29) is 17.7 Å². The van der Waals surface area contributed by atoms with Crippen LogP contribution >= 0.6 is 23.5 Å². The molecule has 4 rings (SSSR count). The van der Waals surface area contributed by atoms with E-state index in [9.17, 15) is 9.65 Å². The summed E-state index contributed by atoms with van der Waals surface area (Å²) in [5.74, 6) is 1.90. The normalized spacial score (nSPS) is 22.0. The second-order valence-electron chi connectivity index (χ2n) is 8.26. The Morgan fingerprint density at radius 1 is 1.16 bits per heavy atom. The van der Waals surface area contributed by atoms with Crippen LogP contribution in [0.25, 0.3) is 0 Å². The molecule has 2 aliphatic rings. The van der Waals surface area contributed by atoms with Crippen molar-refractivity contribution in [2.24, 2.45) is 11.8 Å². The highest BCUT2D eigenvalue weighted by Crippen LogP contribution is 2.51. The monoisotopic (exact) mass is 475 g/mol. The summed E-state index contributed by atoms with van der Waals surface area (Å²) in [5, 5.41) is 10.2. The maximum Gasteiger partial charge on any atom is 0.164 e. The zero-order valence-electron chi connectivity index (χ0n) is 18.3. The average Bonchev–Trinajstić information content (AvgIpc) is 2.82. The van der Waals surface area contributed by atoms with Gasteiger partial charge < -0.3 is 9.47 Å². The van der Waals surface area contributed by atoms with E-state index in [2.05, 4.69) is 6.07 Å². The van der Waals surface area contributed by atoms with Gasteiger partial charge in [-0.15, -0.1) is 23.5 Å². The molecule has 0 saturated carbocycles. The van der Waals surface area contributed by atoms with E-state index in [0.717, 1.165) is 29.1 Å². The highest BCUT2D eigenvalue weighted by atomic mass is 32.2. The average molecular weight is 476 g/mol. The molecular formula is C25H27F2NO2S2. The molecule has 170 valence electrons. The first-order valence-electron chi connectivity index (χ1n) is 10.9. The molecule has 1 aliphatic heterocycles. The number of hydrogen-bond acceptors (Lipinski definition) is 5. The second-order valence-corrected chi connectivity index (χ2v) is 11.1. The predicted octanol–water partition coefficient (Wildman–Crippen LogP) is 6.21. The minimum absolute atomic E-state index is 0.0218. The molecule has 0 bridgehead atoms.